The number of H-pyrrole nitrogens is 2. The third-order valence-corrected chi connectivity index (χ3v) is 4.41. The smallest absolute Gasteiger partial charge is 0.259 e. The molecule has 126 valence electrons. The van der Waals surface area contributed by atoms with Gasteiger partial charge in [-0.25, -0.2) is 9.97 Å². The van der Waals surface area contributed by atoms with Crippen molar-refractivity contribution < 1.29 is 4.79 Å². The number of hydrogen-bond acceptors (Lipinski definition) is 5. The predicted octanol–water partition coefficient (Wildman–Crippen LogP) is 0.513. The van der Waals surface area contributed by atoms with E-state index in [-0.39, 0.29) is 29.0 Å². The fourth-order valence-corrected chi connectivity index (χ4v) is 3.07. The van der Waals surface area contributed by atoms with E-state index in [0.29, 0.717) is 35.3 Å². The van der Waals surface area contributed by atoms with E-state index >= 15 is 0 Å². The first-order chi connectivity index (χ1) is 12.0. The van der Waals surface area contributed by atoms with Gasteiger partial charge in [-0.15, -0.1) is 0 Å². The van der Waals surface area contributed by atoms with Crippen LogP contribution in [0, 0.1) is 6.92 Å². The summed E-state index contributed by atoms with van der Waals surface area (Å²) in [5.41, 5.74) is 1.94. The van der Waals surface area contributed by atoms with Gasteiger partial charge in [-0.3, -0.25) is 14.4 Å². The average Bonchev–Trinajstić information content (AvgIpc) is 2.61. The fraction of sp³-hybridized carbons (Fsp3) is 0.235. The van der Waals surface area contributed by atoms with Gasteiger partial charge in [0, 0.05) is 24.0 Å². The number of rotatable bonds is 1. The van der Waals surface area contributed by atoms with Crippen LogP contribution in [0.5, 0.6) is 0 Å². The Hall–Kier alpha value is -3.29. The molecule has 4 rings (SSSR count). The highest BCUT2D eigenvalue weighted by Gasteiger charge is 2.26. The molecule has 4 heterocycles. The van der Waals surface area contributed by atoms with Crippen molar-refractivity contribution in [1.29, 1.82) is 0 Å². The third kappa shape index (κ3) is 2.51. The van der Waals surface area contributed by atoms with E-state index < -0.39 is 0 Å². The maximum absolute atomic E-state index is 12.8. The highest BCUT2D eigenvalue weighted by molar-refractivity contribution is 5.96. The zero-order chi connectivity index (χ0) is 17.6. The van der Waals surface area contributed by atoms with Gasteiger partial charge in [-0.1, -0.05) is 0 Å². The van der Waals surface area contributed by atoms with E-state index in [1.54, 1.807) is 12.1 Å². The van der Waals surface area contributed by atoms with Crippen molar-refractivity contribution >= 4 is 16.9 Å². The van der Waals surface area contributed by atoms with Crippen LogP contribution in [0.3, 0.4) is 0 Å². The van der Waals surface area contributed by atoms with Crippen LogP contribution < -0.4 is 11.0 Å². The summed E-state index contributed by atoms with van der Waals surface area (Å²) in [4.78, 5) is 52.6. The Kier molecular flexibility index (Phi) is 3.45. The number of nitrogens with zero attached hydrogens (tertiary/aromatic N) is 3. The summed E-state index contributed by atoms with van der Waals surface area (Å²) in [5, 5.41) is 0.378. The summed E-state index contributed by atoms with van der Waals surface area (Å²) in [6.45, 7) is 2.41. The second-order valence-electron chi connectivity index (χ2n) is 6.01. The third-order valence-electron chi connectivity index (χ3n) is 4.41. The Bertz CT molecular complexity index is 1120. The van der Waals surface area contributed by atoms with Gasteiger partial charge in [0.1, 0.15) is 11.2 Å². The standard InChI is InChI=1S/C17H15N5O3/c1-9-2-3-11-14(23)12(6-18-15(11)21-9)17(25)22-5-4-10-13(7-22)19-8-20-16(10)24/h2-3,6,8H,4-5,7H2,1H3,(H,18,21,23)(H,19,20,24). The van der Waals surface area contributed by atoms with Crippen molar-refractivity contribution in [3.8, 4) is 0 Å². The van der Waals surface area contributed by atoms with Crippen LogP contribution in [-0.4, -0.2) is 37.3 Å². The van der Waals surface area contributed by atoms with Crippen molar-refractivity contribution in [2.75, 3.05) is 6.54 Å². The van der Waals surface area contributed by atoms with Crippen LogP contribution in [0.4, 0.5) is 0 Å². The SMILES string of the molecule is Cc1ccc2c(=O)c(C(=O)N3CCc4c(nc[nH]c4=O)C3)c[nH]c2n1. The van der Waals surface area contributed by atoms with E-state index in [1.807, 2.05) is 6.92 Å². The van der Waals surface area contributed by atoms with Crippen molar-refractivity contribution in [3.05, 3.63) is 67.7 Å². The molecule has 8 heteroatoms. The van der Waals surface area contributed by atoms with Crippen LogP contribution in [-0.2, 0) is 13.0 Å². The molecule has 0 unspecified atom stereocenters. The fourth-order valence-electron chi connectivity index (χ4n) is 3.07. The number of nitrogens with one attached hydrogen (secondary N) is 2. The number of hydrogen-bond donors (Lipinski definition) is 2. The average molecular weight is 337 g/mol. The number of aromatic amines is 2. The van der Waals surface area contributed by atoms with Gasteiger partial charge in [-0.2, -0.15) is 0 Å². The number of aromatic nitrogens is 4. The van der Waals surface area contributed by atoms with Crippen LogP contribution in [0.25, 0.3) is 11.0 Å². The highest BCUT2D eigenvalue weighted by atomic mass is 16.2. The lowest BCUT2D eigenvalue weighted by Crippen LogP contribution is -2.40. The number of carbonyl (C=O) groups excluding carboxylic acids is 1. The Morgan fingerprint density at radius 3 is 2.92 bits per heavy atom. The molecule has 0 radical (unpaired) electrons. The summed E-state index contributed by atoms with van der Waals surface area (Å²) < 4.78 is 0. The first-order valence-electron chi connectivity index (χ1n) is 7.88. The molecule has 1 aliphatic heterocycles. The lowest BCUT2D eigenvalue weighted by atomic mass is 10.1. The van der Waals surface area contributed by atoms with Crippen molar-refractivity contribution in [2.24, 2.45) is 0 Å². The molecule has 0 aliphatic carbocycles. The van der Waals surface area contributed by atoms with Crippen LogP contribution in [0.2, 0.25) is 0 Å². The van der Waals surface area contributed by atoms with Crippen LogP contribution in [0.1, 0.15) is 27.3 Å². The molecule has 0 aromatic carbocycles. The first-order valence-corrected chi connectivity index (χ1v) is 7.88. The normalized spacial score (nSPS) is 13.7. The number of carbonyl (C=O) groups is 1. The molecule has 0 saturated heterocycles. The molecule has 3 aromatic heterocycles. The quantitative estimate of drug-likeness (QED) is 0.672. The minimum atomic E-state index is -0.378. The number of pyridine rings is 2. The molecule has 1 amide bonds. The number of fused-ring (bicyclic) bond motifs is 2. The van der Waals surface area contributed by atoms with Gasteiger partial charge in [0.2, 0.25) is 5.43 Å². The maximum Gasteiger partial charge on any atom is 0.259 e. The molecule has 8 nitrogen and oxygen atoms in total. The summed E-state index contributed by atoms with van der Waals surface area (Å²) in [6.07, 6.45) is 3.14. The molecular weight excluding hydrogens is 322 g/mol. The van der Waals surface area contributed by atoms with E-state index in [0.717, 1.165) is 5.69 Å². The predicted molar refractivity (Wildman–Crippen MR) is 90.4 cm³/mol. The topological polar surface area (TPSA) is 112 Å². The molecule has 2 N–H and O–H groups in total. The highest BCUT2D eigenvalue weighted by Crippen LogP contribution is 2.15. The van der Waals surface area contributed by atoms with Crippen LogP contribution >= 0.6 is 0 Å². The Balaban J connectivity index is 1.71. The lowest BCUT2D eigenvalue weighted by Gasteiger charge is -2.27. The van der Waals surface area contributed by atoms with E-state index in [2.05, 4.69) is 19.9 Å². The lowest BCUT2D eigenvalue weighted by molar-refractivity contribution is 0.0730. The second kappa shape index (κ2) is 5.66. The minimum absolute atomic E-state index is 0.0615. The molecule has 0 spiro atoms. The second-order valence-corrected chi connectivity index (χ2v) is 6.01. The van der Waals surface area contributed by atoms with E-state index in [9.17, 15) is 14.4 Å². The van der Waals surface area contributed by atoms with Gasteiger partial charge in [-0.05, 0) is 25.5 Å². The summed E-state index contributed by atoms with van der Waals surface area (Å²) in [6, 6.07) is 3.40. The van der Waals surface area contributed by atoms with Crippen molar-refractivity contribution in [2.45, 2.75) is 19.9 Å². The van der Waals surface area contributed by atoms with E-state index in [1.165, 1.54) is 17.4 Å². The van der Waals surface area contributed by atoms with E-state index in [4.69, 9.17) is 0 Å². The monoisotopic (exact) mass is 337 g/mol. The molecule has 1 aliphatic rings. The summed E-state index contributed by atoms with van der Waals surface area (Å²) >= 11 is 0. The summed E-state index contributed by atoms with van der Waals surface area (Å²) in [5.74, 6) is -0.378. The molecule has 0 fully saturated rings. The van der Waals surface area contributed by atoms with Gasteiger partial charge in [0.15, 0.2) is 0 Å². The molecule has 25 heavy (non-hydrogen) atoms. The van der Waals surface area contributed by atoms with Crippen LogP contribution in [0.15, 0.2) is 34.2 Å². The van der Waals surface area contributed by atoms with Gasteiger partial charge in [0.05, 0.1) is 24.0 Å². The van der Waals surface area contributed by atoms with Crippen molar-refractivity contribution in [1.82, 2.24) is 24.8 Å². The number of amides is 1. The van der Waals surface area contributed by atoms with Gasteiger partial charge < -0.3 is 14.9 Å². The molecular formula is C17H15N5O3. The summed E-state index contributed by atoms with van der Waals surface area (Å²) in [7, 11) is 0. The molecule has 0 atom stereocenters. The van der Waals surface area contributed by atoms with Crippen molar-refractivity contribution in [3.63, 3.8) is 0 Å². The zero-order valence-electron chi connectivity index (χ0n) is 13.5. The Morgan fingerprint density at radius 1 is 1.24 bits per heavy atom. The molecule has 0 bridgehead atoms. The molecule has 3 aromatic rings. The zero-order valence-corrected chi connectivity index (χ0v) is 13.5. The molecule has 0 saturated carbocycles. The van der Waals surface area contributed by atoms with Gasteiger partial charge in [0.25, 0.3) is 11.5 Å². The Labute approximate surface area is 141 Å². The first kappa shape index (κ1) is 15.3. The minimum Gasteiger partial charge on any atom is -0.345 e. The Morgan fingerprint density at radius 2 is 2.08 bits per heavy atom. The maximum atomic E-state index is 12.8. The number of aryl methyl sites for hydroxylation is 1. The largest absolute Gasteiger partial charge is 0.345 e. The van der Waals surface area contributed by atoms with Gasteiger partial charge >= 0.3 is 0 Å².